The summed E-state index contributed by atoms with van der Waals surface area (Å²) in [7, 11) is 0. The van der Waals surface area contributed by atoms with Crippen molar-refractivity contribution in [2.24, 2.45) is 11.8 Å². The van der Waals surface area contributed by atoms with Gasteiger partial charge in [0.05, 0.1) is 0 Å². The zero-order valence-corrected chi connectivity index (χ0v) is 15.1. The molecule has 0 aromatic rings. The standard InChI is InChI=1S/C20H33NO3/c1-3-4-5-6-7-8-10-16-11-9-12-18-17(16)13-19(15(2)21-18)24-20(23)14-22/h6-8,10,15-19,21-22H,3-5,9,11-14H2,1-2H3/b7-6+,10-8-/t15-,16+,17-,18+,19-/m0/s1. The Hall–Kier alpha value is -1.13. The van der Waals surface area contributed by atoms with Crippen molar-refractivity contribution in [2.75, 3.05) is 6.61 Å². The molecule has 5 atom stereocenters. The van der Waals surface area contributed by atoms with E-state index in [1.165, 1.54) is 32.1 Å². The van der Waals surface area contributed by atoms with E-state index in [4.69, 9.17) is 9.84 Å². The van der Waals surface area contributed by atoms with Crippen LogP contribution in [0.5, 0.6) is 0 Å². The zero-order chi connectivity index (χ0) is 17.4. The molecule has 4 nitrogen and oxygen atoms in total. The number of allylic oxidation sites excluding steroid dienone is 4. The summed E-state index contributed by atoms with van der Waals surface area (Å²) in [6.07, 6.45) is 17.0. The van der Waals surface area contributed by atoms with Crippen molar-refractivity contribution >= 4 is 5.97 Å². The number of piperidine rings is 1. The minimum Gasteiger partial charge on any atom is -0.459 e. The molecule has 2 fully saturated rings. The molecule has 4 heteroatoms. The second-order valence-electron chi connectivity index (χ2n) is 7.20. The van der Waals surface area contributed by atoms with E-state index in [-0.39, 0.29) is 12.1 Å². The highest BCUT2D eigenvalue weighted by atomic mass is 16.6. The number of nitrogens with one attached hydrogen (secondary N) is 1. The van der Waals surface area contributed by atoms with Crippen LogP contribution in [0, 0.1) is 11.8 Å². The van der Waals surface area contributed by atoms with Crippen LogP contribution in [-0.4, -0.2) is 35.9 Å². The van der Waals surface area contributed by atoms with Gasteiger partial charge in [-0.3, -0.25) is 0 Å². The van der Waals surface area contributed by atoms with Gasteiger partial charge in [0.1, 0.15) is 12.7 Å². The molecular formula is C20H33NO3. The maximum absolute atomic E-state index is 11.4. The van der Waals surface area contributed by atoms with Crippen molar-refractivity contribution in [3.8, 4) is 0 Å². The lowest BCUT2D eigenvalue weighted by atomic mass is 9.70. The Kier molecular flexibility index (Phi) is 8.00. The van der Waals surface area contributed by atoms with Gasteiger partial charge in [-0.2, -0.15) is 0 Å². The number of fused-ring (bicyclic) bond motifs is 1. The van der Waals surface area contributed by atoms with Gasteiger partial charge in [-0.25, -0.2) is 4.79 Å². The van der Waals surface area contributed by atoms with Crippen molar-refractivity contribution in [1.29, 1.82) is 0 Å². The SMILES string of the molecule is CCCC/C=C/C=C\[C@@H]1CCC[C@H]2N[C@@H](C)[C@@H](OC(=O)CO)C[C@@H]12. The number of carbonyl (C=O) groups excluding carboxylic acids is 1. The predicted octanol–water partition coefficient (Wildman–Crippen LogP) is 3.36. The number of carbonyl (C=O) groups is 1. The van der Waals surface area contributed by atoms with Crippen LogP contribution in [0.1, 0.15) is 58.8 Å². The van der Waals surface area contributed by atoms with E-state index in [0.29, 0.717) is 17.9 Å². The molecule has 0 spiro atoms. The summed E-state index contributed by atoms with van der Waals surface area (Å²) >= 11 is 0. The molecule has 1 aliphatic heterocycles. The van der Waals surface area contributed by atoms with Crippen LogP contribution in [0.2, 0.25) is 0 Å². The Morgan fingerprint density at radius 2 is 2.17 bits per heavy atom. The second kappa shape index (κ2) is 10.00. The minimum absolute atomic E-state index is 0.139. The summed E-state index contributed by atoms with van der Waals surface area (Å²) in [5, 5.41) is 12.6. The average molecular weight is 335 g/mol. The highest BCUT2D eigenvalue weighted by Gasteiger charge is 2.41. The van der Waals surface area contributed by atoms with E-state index in [0.717, 1.165) is 12.8 Å². The van der Waals surface area contributed by atoms with E-state index in [2.05, 4.69) is 43.5 Å². The van der Waals surface area contributed by atoms with Gasteiger partial charge < -0.3 is 15.2 Å². The number of ether oxygens (including phenoxy) is 1. The predicted molar refractivity (Wildman–Crippen MR) is 96.6 cm³/mol. The highest BCUT2D eigenvalue weighted by Crippen LogP contribution is 2.38. The van der Waals surface area contributed by atoms with Crippen LogP contribution in [0.3, 0.4) is 0 Å². The Morgan fingerprint density at radius 3 is 2.92 bits per heavy atom. The van der Waals surface area contributed by atoms with Gasteiger partial charge in [0.25, 0.3) is 0 Å². The van der Waals surface area contributed by atoms with Crippen molar-refractivity contribution in [3.05, 3.63) is 24.3 Å². The molecule has 0 aromatic carbocycles. The van der Waals surface area contributed by atoms with Crippen molar-refractivity contribution < 1.29 is 14.6 Å². The van der Waals surface area contributed by atoms with Crippen LogP contribution in [0.4, 0.5) is 0 Å². The molecule has 1 aliphatic carbocycles. The zero-order valence-electron chi connectivity index (χ0n) is 15.1. The molecule has 1 saturated carbocycles. The molecule has 2 rings (SSSR count). The molecule has 2 aliphatic rings. The molecule has 1 heterocycles. The van der Waals surface area contributed by atoms with E-state index in [9.17, 15) is 4.79 Å². The maximum atomic E-state index is 11.4. The van der Waals surface area contributed by atoms with E-state index in [1.54, 1.807) is 0 Å². The summed E-state index contributed by atoms with van der Waals surface area (Å²) < 4.78 is 5.43. The smallest absolute Gasteiger partial charge is 0.332 e. The molecule has 0 bridgehead atoms. The Balaban J connectivity index is 1.94. The lowest BCUT2D eigenvalue weighted by Gasteiger charge is -2.46. The number of hydrogen-bond acceptors (Lipinski definition) is 4. The Morgan fingerprint density at radius 1 is 1.33 bits per heavy atom. The molecule has 0 aromatic heterocycles. The fraction of sp³-hybridized carbons (Fsp3) is 0.750. The number of hydrogen-bond donors (Lipinski definition) is 2. The van der Waals surface area contributed by atoms with Gasteiger partial charge >= 0.3 is 5.97 Å². The van der Waals surface area contributed by atoms with Gasteiger partial charge in [0.2, 0.25) is 0 Å². The highest BCUT2D eigenvalue weighted by molar-refractivity contribution is 5.70. The molecule has 0 unspecified atom stereocenters. The fourth-order valence-corrected chi connectivity index (χ4v) is 4.06. The lowest BCUT2D eigenvalue weighted by molar-refractivity contribution is -0.157. The van der Waals surface area contributed by atoms with Crippen LogP contribution in [0.25, 0.3) is 0 Å². The first-order valence-electron chi connectivity index (χ1n) is 9.55. The molecule has 0 amide bonds. The van der Waals surface area contributed by atoms with Gasteiger partial charge in [-0.05, 0) is 44.4 Å². The van der Waals surface area contributed by atoms with Crippen molar-refractivity contribution in [3.63, 3.8) is 0 Å². The summed E-state index contributed by atoms with van der Waals surface area (Å²) in [4.78, 5) is 11.4. The monoisotopic (exact) mass is 335 g/mol. The first-order chi connectivity index (χ1) is 11.7. The van der Waals surface area contributed by atoms with Crippen molar-refractivity contribution in [2.45, 2.75) is 77.0 Å². The molecule has 24 heavy (non-hydrogen) atoms. The maximum Gasteiger partial charge on any atom is 0.332 e. The number of aliphatic hydroxyl groups excluding tert-OH is 1. The number of esters is 1. The fourth-order valence-electron chi connectivity index (χ4n) is 4.06. The first kappa shape index (κ1) is 19.2. The first-order valence-corrected chi connectivity index (χ1v) is 9.55. The minimum atomic E-state index is -0.538. The summed E-state index contributed by atoms with van der Waals surface area (Å²) in [5.41, 5.74) is 0. The van der Waals surface area contributed by atoms with Gasteiger partial charge in [0, 0.05) is 12.1 Å². The normalized spacial score (nSPS) is 33.7. The third-order valence-electron chi connectivity index (χ3n) is 5.40. The number of unbranched alkanes of at least 4 members (excludes halogenated alkanes) is 2. The molecular weight excluding hydrogens is 302 g/mol. The van der Waals surface area contributed by atoms with Crippen LogP contribution < -0.4 is 5.32 Å². The number of rotatable bonds is 7. The van der Waals surface area contributed by atoms with Crippen LogP contribution in [-0.2, 0) is 9.53 Å². The largest absolute Gasteiger partial charge is 0.459 e. The van der Waals surface area contributed by atoms with E-state index < -0.39 is 12.6 Å². The average Bonchev–Trinajstić information content (AvgIpc) is 2.58. The molecule has 1 saturated heterocycles. The molecule has 136 valence electrons. The third-order valence-corrected chi connectivity index (χ3v) is 5.40. The Labute approximate surface area is 146 Å². The van der Waals surface area contributed by atoms with Gasteiger partial charge in [-0.1, -0.05) is 50.5 Å². The molecule has 0 radical (unpaired) electrons. The van der Waals surface area contributed by atoms with Crippen LogP contribution >= 0.6 is 0 Å². The Bertz CT molecular complexity index is 446. The summed E-state index contributed by atoms with van der Waals surface area (Å²) in [6.45, 7) is 3.74. The third kappa shape index (κ3) is 5.45. The quantitative estimate of drug-likeness (QED) is 0.425. The van der Waals surface area contributed by atoms with Gasteiger partial charge in [0.15, 0.2) is 0 Å². The summed E-state index contributed by atoms with van der Waals surface area (Å²) in [6, 6.07) is 0.662. The van der Waals surface area contributed by atoms with Crippen LogP contribution in [0.15, 0.2) is 24.3 Å². The summed E-state index contributed by atoms with van der Waals surface area (Å²) in [5.74, 6) is 0.524. The lowest BCUT2D eigenvalue weighted by Crippen LogP contribution is -2.57. The number of aliphatic hydroxyl groups is 1. The topological polar surface area (TPSA) is 58.6 Å². The van der Waals surface area contributed by atoms with Crippen molar-refractivity contribution in [1.82, 2.24) is 5.32 Å². The molecule has 2 N–H and O–H groups in total. The van der Waals surface area contributed by atoms with E-state index >= 15 is 0 Å². The van der Waals surface area contributed by atoms with E-state index in [1.807, 2.05) is 0 Å². The second-order valence-corrected chi connectivity index (χ2v) is 7.20. The van der Waals surface area contributed by atoms with Gasteiger partial charge in [-0.15, -0.1) is 0 Å².